The molecule has 0 aliphatic heterocycles. The lowest BCUT2D eigenvalue weighted by Gasteiger charge is -2.10. The number of carboxylic acids is 1. The lowest BCUT2D eigenvalue weighted by atomic mass is 9.95. The second-order valence-corrected chi connectivity index (χ2v) is 5.36. The first-order valence-electron chi connectivity index (χ1n) is 5.60. The fraction of sp³-hybridized carbons (Fsp3) is 0.214. The van der Waals surface area contributed by atoms with Crippen molar-refractivity contribution in [3.63, 3.8) is 0 Å². The first-order chi connectivity index (χ1) is 8.41. The fourth-order valence-corrected chi connectivity index (χ4v) is 2.85. The van der Waals surface area contributed by atoms with Gasteiger partial charge in [-0.05, 0) is 43.0 Å². The SMILES string of the molecule is Cc1cc(C)c(-c2csc(N)c2C(=O)O)cc1C. The molecule has 18 heavy (non-hydrogen) atoms. The van der Waals surface area contributed by atoms with Crippen molar-refractivity contribution in [1.29, 1.82) is 0 Å². The zero-order valence-electron chi connectivity index (χ0n) is 10.6. The molecule has 4 heteroatoms. The number of carboxylic acid groups (broad SMARTS) is 1. The number of hydrogen-bond acceptors (Lipinski definition) is 3. The number of benzene rings is 1. The number of anilines is 1. The normalized spacial score (nSPS) is 10.6. The van der Waals surface area contributed by atoms with Crippen LogP contribution in [0.4, 0.5) is 5.00 Å². The summed E-state index contributed by atoms with van der Waals surface area (Å²) in [7, 11) is 0. The molecule has 1 aromatic carbocycles. The molecular weight excluding hydrogens is 246 g/mol. The van der Waals surface area contributed by atoms with Gasteiger partial charge in [0.15, 0.2) is 0 Å². The highest BCUT2D eigenvalue weighted by atomic mass is 32.1. The first-order valence-corrected chi connectivity index (χ1v) is 6.48. The van der Waals surface area contributed by atoms with Gasteiger partial charge in [-0.2, -0.15) is 0 Å². The zero-order chi connectivity index (χ0) is 13.4. The summed E-state index contributed by atoms with van der Waals surface area (Å²) < 4.78 is 0. The minimum absolute atomic E-state index is 0.214. The highest BCUT2D eigenvalue weighted by molar-refractivity contribution is 7.14. The van der Waals surface area contributed by atoms with Gasteiger partial charge in [0.05, 0.1) is 0 Å². The standard InChI is InChI=1S/C14H15NO2S/c1-7-4-9(3)10(5-8(7)2)11-6-18-13(15)12(11)14(16)17/h4-6H,15H2,1-3H3,(H,16,17). The Hall–Kier alpha value is -1.81. The van der Waals surface area contributed by atoms with E-state index in [9.17, 15) is 9.90 Å². The van der Waals surface area contributed by atoms with Gasteiger partial charge in [0.25, 0.3) is 0 Å². The van der Waals surface area contributed by atoms with E-state index in [4.69, 9.17) is 5.73 Å². The average Bonchev–Trinajstić information content (AvgIpc) is 2.65. The first kappa shape index (κ1) is 12.6. The van der Waals surface area contributed by atoms with E-state index in [0.29, 0.717) is 10.6 Å². The maximum atomic E-state index is 11.3. The van der Waals surface area contributed by atoms with Gasteiger partial charge in [-0.25, -0.2) is 4.79 Å². The molecule has 0 radical (unpaired) electrons. The molecule has 0 unspecified atom stereocenters. The molecule has 0 aliphatic rings. The summed E-state index contributed by atoms with van der Waals surface area (Å²) in [6.07, 6.45) is 0. The number of aryl methyl sites for hydroxylation is 3. The van der Waals surface area contributed by atoms with Crippen molar-refractivity contribution in [2.45, 2.75) is 20.8 Å². The Labute approximate surface area is 110 Å². The summed E-state index contributed by atoms with van der Waals surface area (Å²) in [5.74, 6) is -0.971. The smallest absolute Gasteiger partial charge is 0.339 e. The minimum atomic E-state index is -0.971. The second-order valence-electron chi connectivity index (χ2n) is 4.45. The largest absolute Gasteiger partial charge is 0.478 e. The Morgan fingerprint density at radius 3 is 2.33 bits per heavy atom. The molecule has 0 saturated heterocycles. The van der Waals surface area contributed by atoms with Crippen molar-refractivity contribution >= 4 is 22.3 Å². The van der Waals surface area contributed by atoms with Gasteiger partial charge in [0.2, 0.25) is 0 Å². The predicted octanol–water partition coefficient (Wildman–Crippen LogP) is 3.62. The van der Waals surface area contributed by atoms with Crippen LogP contribution in [0.15, 0.2) is 17.5 Å². The number of hydrogen-bond donors (Lipinski definition) is 2. The van der Waals surface area contributed by atoms with Gasteiger partial charge in [0.1, 0.15) is 10.6 Å². The van der Waals surface area contributed by atoms with Gasteiger partial charge in [-0.1, -0.05) is 12.1 Å². The predicted molar refractivity (Wildman–Crippen MR) is 75.3 cm³/mol. The number of thiophene rings is 1. The van der Waals surface area contributed by atoms with Crippen LogP contribution in [-0.4, -0.2) is 11.1 Å². The monoisotopic (exact) mass is 261 g/mol. The average molecular weight is 261 g/mol. The van der Waals surface area contributed by atoms with E-state index < -0.39 is 5.97 Å². The van der Waals surface area contributed by atoms with E-state index in [0.717, 1.165) is 16.7 Å². The molecule has 94 valence electrons. The summed E-state index contributed by atoms with van der Waals surface area (Å²) in [6.45, 7) is 6.06. The third kappa shape index (κ3) is 1.99. The Bertz CT molecular complexity index is 629. The zero-order valence-corrected chi connectivity index (χ0v) is 11.4. The summed E-state index contributed by atoms with van der Waals surface area (Å²) in [4.78, 5) is 11.3. The van der Waals surface area contributed by atoms with Crippen LogP contribution in [0.25, 0.3) is 11.1 Å². The molecule has 1 heterocycles. The van der Waals surface area contributed by atoms with Gasteiger partial charge >= 0.3 is 5.97 Å². The molecule has 2 aromatic rings. The number of aromatic carboxylic acids is 1. The number of nitrogen functional groups attached to an aromatic ring is 1. The van der Waals surface area contributed by atoms with Crippen molar-refractivity contribution in [3.8, 4) is 11.1 Å². The topological polar surface area (TPSA) is 63.3 Å². The molecule has 0 saturated carbocycles. The van der Waals surface area contributed by atoms with E-state index in [1.165, 1.54) is 16.9 Å². The van der Waals surface area contributed by atoms with E-state index in [1.54, 1.807) is 0 Å². The van der Waals surface area contributed by atoms with Gasteiger partial charge in [-0.3, -0.25) is 0 Å². The summed E-state index contributed by atoms with van der Waals surface area (Å²) in [5, 5.41) is 11.4. The molecule has 1 aromatic heterocycles. The van der Waals surface area contributed by atoms with Crippen LogP contribution >= 0.6 is 11.3 Å². The summed E-state index contributed by atoms with van der Waals surface area (Å²) >= 11 is 1.27. The maximum Gasteiger partial charge on any atom is 0.339 e. The Balaban J connectivity index is 2.70. The lowest BCUT2D eigenvalue weighted by molar-refractivity contribution is 0.0699. The minimum Gasteiger partial charge on any atom is -0.478 e. The van der Waals surface area contributed by atoms with Gasteiger partial charge in [0, 0.05) is 10.9 Å². The van der Waals surface area contributed by atoms with E-state index in [1.807, 2.05) is 32.2 Å². The molecule has 0 amide bonds. The molecular formula is C14H15NO2S. The fourth-order valence-electron chi connectivity index (χ4n) is 2.04. The van der Waals surface area contributed by atoms with Crippen LogP contribution in [0.1, 0.15) is 27.0 Å². The quantitative estimate of drug-likeness (QED) is 0.867. The molecule has 3 nitrogen and oxygen atoms in total. The maximum absolute atomic E-state index is 11.3. The Morgan fingerprint density at radius 1 is 1.11 bits per heavy atom. The summed E-state index contributed by atoms with van der Waals surface area (Å²) in [6, 6.07) is 4.10. The van der Waals surface area contributed by atoms with Crippen LogP contribution in [0.2, 0.25) is 0 Å². The van der Waals surface area contributed by atoms with Crippen LogP contribution < -0.4 is 5.73 Å². The van der Waals surface area contributed by atoms with Crippen molar-refractivity contribution in [2.24, 2.45) is 0 Å². The molecule has 3 N–H and O–H groups in total. The van der Waals surface area contributed by atoms with E-state index in [-0.39, 0.29) is 5.56 Å². The van der Waals surface area contributed by atoms with Crippen LogP contribution in [0.3, 0.4) is 0 Å². The Kier molecular flexibility index (Phi) is 3.13. The van der Waals surface area contributed by atoms with Crippen molar-refractivity contribution in [1.82, 2.24) is 0 Å². The van der Waals surface area contributed by atoms with Crippen LogP contribution in [0, 0.1) is 20.8 Å². The molecule has 2 rings (SSSR count). The number of rotatable bonds is 2. The van der Waals surface area contributed by atoms with Crippen LogP contribution in [0.5, 0.6) is 0 Å². The highest BCUT2D eigenvalue weighted by Gasteiger charge is 2.19. The number of carbonyl (C=O) groups is 1. The van der Waals surface area contributed by atoms with Gasteiger partial charge < -0.3 is 10.8 Å². The van der Waals surface area contributed by atoms with Crippen molar-refractivity contribution < 1.29 is 9.90 Å². The molecule has 0 bridgehead atoms. The third-order valence-corrected chi connectivity index (χ3v) is 3.98. The molecule has 0 aliphatic carbocycles. The van der Waals surface area contributed by atoms with E-state index in [2.05, 4.69) is 6.07 Å². The van der Waals surface area contributed by atoms with Gasteiger partial charge in [-0.15, -0.1) is 11.3 Å². The molecule has 0 spiro atoms. The lowest BCUT2D eigenvalue weighted by Crippen LogP contribution is -2.01. The Morgan fingerprint density at radius 2 is 1.72 bits per heavy atom. The van der Waals surface area contributed by atoms with Crippen LogP contribution in [-0.2, 0) is 0 Å². The summed E-state index contributed by atoms with van der Waals surface area (Å²) in [5.41, 5.74) is 11.0. The second kappa shape index (κ2) is 4.46. The molecule has 0 fully saturated rings. The molecule has 0 atom stereocenters. The van der Waals surface area contributed by atoms with Crippen molar-refractivity contribution in [3.05, 3.63) is 39.8 Å². The van der Waals surface area contributed by atoms with E-state index >= 15 is 0 Å². The van der Waals surface area contributed by atoms with Crippen molar-refractivity contribution in [2.75, 3.05) is 5.73 Å². The number of nitrogens with two attached hydrogens (primary N) is 1. The highest BCUT2D eigenvalue weighted by Crippen LogP contribution is 2.36. The third-order valence-electron chi connectivity index (χ3n) is 3.16.